The average Bonchev–Trinajstić information content (AvgIpc) is 1.97. The molecule has 4 nitrogen and oxygen atoms in total. The number of phenols is 2. The largest absolute Gasteiger partial charge is 0.505 e. The van der Waals surface area contributed by atoms with Crippen molar-refractivity contribution in [2.75, 3.05) is 11.5 Å². The fourth-order valence-corrected chi connectivity index (χ4v) is 0.849. The molecule has 0 aliphatic rings. The van der Waals surface area contributed by atoms with Crippen LogP contribution in [0.1, 0.15) is 5.56 Å². The lowest BCUT2D eigenvalue weighted by Gasteiger charge is -2.07. The van der Waals surface area contributed by atoms with E-state index in [9.17, 15) is 10.2 Å². The van der Waals surface area contributed by atoms with E-state index in [2.05, 4.69) is 0 Å². The van der Waals surface area contributed by atoms with Crippen LogP contribution in [0.5, 0.6) is 11.5 Å². The molecule has 0 fully saturated rings. The minimum Gasteiger partial charge on any atom is -0.505 e. The predicted octanol–water partition coefficient (Wildman–Crippen LogP) is 1.41. The molecule has 0 radical (unpaired) electrons. The topological polar surface area (TPSA) is 92.5 Å². The van der Waals surface area contributed by atoms with Gasteiger partial charge in [0.25, 0.3) is 0 Å². The quantitative estimate of drug-likeness (QED) is 0.306. The van der Waals surface area contributed by atoms with Gasteiger partial charge in [0, 0.05) is 5.56 Å². The van der Waals surface area contributed by atoms with Gasteiger partial charge in [-0.1, -0.05) is 0 Å². The van der Waals surface area contributed by atoms with Gasteiger partial charge >= 0.3 is 0 Å². The zero-order valence-corrected chi connectivity index (χ0v) is 8.58. The Labute approximate surface area is 88.4 Å². The van der Waals surface area contributed by atoms with Crippen molar-refractivity contribution >= 4 is 36.2 Å². The normalized spacial score (nSPS) is 8.38. The maximum atomic E-state index is 9.17. The standard InChI is InChI=1S/C7H10N2O2.2ClH/c1-3-6(10)4(8)2-5(9)7(3)11;;/h2,10-11H,8-9H2,1H3;2*1H. The first kappa shape index (κ1) is 14.5. The van der Waals surface area contributed by atoms with Crippen LogP contribution in [-0.2, 0) is 0 Å². The highest BCUT2D eigenvalue weighted by atomic mass is 35.5. The summed E-state index contributed by atoms with van der Waals surface area (Å²) in [6.07, 6.45) is 0. The van der Waals surface area contributed by atoms with Crippen molar-refractivity contribution in [1.82, 2.24) is 0 Å². The van der Waals surface area contributed by atoms with E-state index in [1.54, 1.807) is 0 Å². The van der Waals surface area contributed by atoms with Gasteiger partial charge in [-0.15, -0.1) is 24.8 Å². The summed E-state index contributed by atoms with van der Waals surface area (Å²) in [6, 6.07) is 1.32. The highest BCUT2D eigenvalue weighted by molar-refractivity contribution is 5.85. The molecule has 0 aliphatic heterocycles. The third kappa shape index (κ3) is 2.47. The number of rotatable bonds is 0. The molecule has 0 aliphatic carbocycles. The molecule has 1 rings (SSSR count). The fraction of sp³-hybridized carbons (Fsp3) is 0.143. The van der Waals surface area contributed by atoms with Gasteiger partial charge in [0.05, 0.1) is 11.4 Å². The second-order valence-corrected chi connectivity index (χ2v) is 2.38. The number of anilines is 2. The van der Waals surface area contributed by atoms with Crippen LogP contribution in [0.3, 0.4) is 0 Å². The van der Waals surface area contributed by atoms with Gasteiger partial charge < -0.3 is 21.7 Å². The number of nitrogens with two attached hydrogens (primary N) is 2. The first-order valence-electron chi connectivity index (χ1n) is 3.10. The Morgan fingerprint density at radius 2 is 1.31 bits per heavy atom. The van der Waals surface area contributed by atoms with Crippen LogP contribution >= 0.6 is 24.8 Å². The number of halogens is 2. The van der Waals surface area contributed by atoms with Crippen molar-refractivity contribution in [2.24, 2.45) is 0 Å². The number of hydrogen-bond acceptors (Lipinski definition) is 4. The number of phenolic OH excluding ortho intramolecular Hbond substituents is 2. The highest BCUT2D eigenvalue weighted by Gasteiger charge is 2.08. The molecule has 0 saturated carbocycles. The van der Waals surface area contributed by atoms with E-state index in [4.69, 9.17) is 11.5 Å². The Morgan fingerprint density at radius 1 is 1.00 bits per heavy atom. The van der Waals surface area contributed by atoms with Gasteiger partial charge in [0.15, 0.2) is 0 Å². The molecule has 1 aromatic carbocycles. The van der Waals surface area contributed by atoms with E-state index in [-0.39, 0.29) is 47.7 Å². The van der Waals surface area contributed by atoms with Gasteiger partial charge in [-0.3, -0.25) is 0 Å². The summed E-state index contributed by atoms with van der Waals surface area (Å²) in [6.45, 7) is 1.54. The number of hydrogen-bond donors (Lipinski definition) is 4. The van der Waals surface area contributed by atoms with Crippen LogP contribution in [-0.4, -0.2) is 10.2 Å². The Hall–Kier alpha value is -1.000. The summed E-state index contributed by atoms with van der Waals surface area (Å²) in [7, 11) is 0. The van der Waals surface area contributed by atoms with Crippen LogP contribution in [0.15, 0.2) is 6.07 Å². The predicted molar refractivity (Wildman–Crippen MR) is 57.8 cm³/mol. The second kappa shape index (κ2) is 4.89. The molecule has 0 amide bonds. The molecule has 6 N–H and O–H groups in total. The number of benzene rings is 1. The minimum absolute atomic E-state index is 0. The molecular formula is C7H12Cl2N2O2. The van der Waals surface area contributed by atoms with E-state index in [1.807, 2.05) is 0 Å². The molecule has 13 heavy (non-hydrogen) atoms. The monoisotopic (exact) mass is 226 g/mol. The van der Waals surface area contributed by atoms with Crippen LogP contribution in [0, 0.1) is 6.92 Å². The second-order valence-electron chi connectivity index (χ2n) is 2.38. The number of nitrogen functional groups attached to an aromatic ring is 2. The van der Waals surface area contributed by atoms with Crippen LogP contribution < -0.4 is 11.5 Å². The smallest absolute Gasteiger partial charge is 0.145 e. The van der Waals surface area contributed by atoms with Crippen molar-refractivity contribution in [3.05, 3.63) is 11.6 Å². The Kier molecular flexibility index (Phi) is 5.46. The molecule has 0 atom stereocenters. The highest BCUT2D eigenvalue weighted by Crippen LogP contribution is 2.36. The zero-order valence-electron chi connectivity index (χ0n) is 6.94. The Morgan fingerprint density at radius 3 is 1.62 bits per heavy atom. The lowest BCUT2D eigenvalue weighted by molar-refractivity contribution is 0.446. The van der Waals surface area contributed by atoms with E-state index < -0.39 is 0 Å². The first-order chi connectivity index (χ1) is 5.04. The maximum absolute atomic E-state index is 9.17. The van der Waals surface area contributed by atoms with Crippen LogP contribution in [0.4, 0.5) is 11.4 Å². The van der Waals surface area contributed by atoms with E-state index in [1.165, 1.54) is 13.0 Å². The molecule has 6 heteroatoms. The SMILES string of the molecule is Cc1c(O)c(N)cc(N)c1O.Cl.Cl. The molecule has 1 aromatic rings. The Balaban J connectivity index is 0. The minimum atomic E-state index is -0.114. The molecule has 0 aromatic heterocycles. The lowest BCUT2D eigenvalue weighted by atomic mass is 10.1. The fourth-order valence-electron chi connectivity index (χ4n) is 0.849. The van der Waals surface area contributed by atoms with Crippen LogP contribution in [0.25, 0.3) is 0 Å². The molecule has 0 saturated heterocycles. The van der Waals surface area contributed by atoms with E-state index in [0.717, 1.165) is 0 Å². The zero-order chi connectivity index (χ0) is 8.59. The molecular weight excluding hydrogens is 215 g/mol. The molecule has 0 spiro atoms. The summed E-state index contributed by atoms with van der Waals surface area (Å²) >= 11 is 0. The van der Waals surface area contributed by atoms with Crippen LogP contribution in [0.2, 0.25) is 0 Å². The summed E-state index contributed by atoms with van der Waals surface area (Å²) in [5, 5.41) is 18.3. The van der Waals surface area contributed by atoms with Crippen molar-refractivity contribution in [3.63, 3.8) is 0 Å². The summed E-state index contributed by atoms with van der Waals surface area (Å²) in [5.74, 6) is -0.228. The van der Waals surface area contributed by atoms with Crippen molar-refractivity contribution in [2.45, 2.75) is 6.92 Å². The Bertz CT molecular complexity index is 279. The van der Waals surface area contributed by atoms with Gasteiger partial charge in [0.1, 0.15) is 11.5 Å². The molecule has 76 valence electrons. The van der Waals surface area contributed by atoms with Gasteiger partial charge in [-0.05, 0) is 13.0 Å². The van der Waals surface area contributed by atoms with Gasteiger partial charge in [0.2, 0.25) is 0 Å². The molecule has 0 bridgehead atoms. The molecule has 0 unspecified atom stereocenters. The van der Waals surface area contributed by atoms with E-state index in [0.29, 0.717) is 5.56 Å². The van der Waals surface area contributed by atoms with Gasteiger partial charge in [-0.25, -0.2) is 0 Å². The average molecular weight is 227 g/mol. The number of aromatic hydroxyl groups is 2. The summed E-state index contributed by atoms with van der Waals surface area (Å²) < 4.78 is 0. The first-order valence-corrected chi connectivity index (χ1v) is 3.10. The maximum Gasteiger partial charge on any atom is 0.145 e. The summed E-state index contributed by atoms with van der Waals surface area (Å²) in [5.41, 5.74) is 11.4. The van der Waals surface area contributed by atoms with Gasteiger partial charge in [-0.2, -0.15) is 0 Å². The third-order valence-corrected chi connectivity index (χ3v) is 1.57. The van der Waals surface area contributed by atoms with E-state index >= 15 is 0 Å². The summed E-state index contributed by atoms with van der Waals surface area (Å²) in [4.78, 5) is 0. The lowest BCUT2D eigenvalue weighted by Crippen LogP contribution is -1.93. The molecule has 0 heterocycles. The van der Waals surface area contributed by atoms with Crippen molar-refractivity contribution in [1.29, 1.82) is 0 Å². The third-order valence-electron chi connectivity index (χ3n) is 1.57. The van der Waals surface area contributed by atoms with Crippen molar-refractivity contribution in [3.8, 4) is 11.5 Å². The van der Waals surface area contributed by atoms with Crippen molar-refractivity contribution < 1.29 is 10.2 Å².